The summed E-state index contributed by atoms with van der Waals surface area (Å²) < 4.78 is 46.0. The van der Waals surface area contributed by atoms with Crippen molar-refractivity contribution in [3.63, 3.8) is 0 Å². The van der Waals surface area contributed by atoms with E-state index < -0.39 is 48.1 Å². The van der Waals surface area contributed by atoms with Gasteiger partial charge in [0.15, 0.2) is 17.0 Å². The first-order valence-corrected chi connectivity index (χ1v) is 11.1. The van der Waals surface area contributed by atoms with Gasteiger partial charge in [0.25, 0.3) is 0 Å². The lowest BCUT2D eigenvalue weighted by atomic mass is 9.96. The molecule has 5 rings (SSSR count). The van der Waals surface area contributed by atoms with Crippen LogP contribution >= 0.6 is 0 Å². The Morgan fingerprint density at radius 1 is 1.13 bits per heavy atom. The van der Waals surface area contributed by atoms with Gasteiger partial charge in [-0.15, -0.1) is 0 Å². The highest BCUT2D eigenvalue weighted by Crippen LogP contribution is 2.42. The highest BCUT2D eigenvalue weighted by atomic mass is 19.4. The zero-order valence-electron chi connectivity index (χ0n) is 19.4. The number of carboxylic acids is 3. The van der Waals surface area contributed by atoms with Gasteiger partial charge in [0.05, 0.1) is 23.8 Å². The van der Waals surface area contributed by atoms with Crippen molar-refractivity contribution < 1.29 is 52.4 Å². The number of aliphatic hydroxyl groups is 1. The van der Waals surface area contributed by atoms with Gasteiger partial charge in [-0.1, -0.05) is 6.07 Å². The molecule has 2 atom stereocenters. The molecule has 7 N–H and O–H groups in total. The summed E-state index contributed by atoms with van der Waals surface area (Å²) in [5, 5.41) is 37.1. The number of piperazine rings is 1. The van der Waals surface area contributed by atoms with Gasteiger partial charge in [-0.25, -0.2) is 9.78 Å². The Labute approximate surface area is 210 Å². The van der Waals surface area contributed by atoms with Crippen LogP contribution in [-0.4, -0.2) is 79.1 Å². The minimum atomic E-state index is -4.51. The molecule has 2 saturated heterocycles. The zero-order chi connectivity index (χ0) is 28.0. The predicted molar refractivity (Wildman–Crippen MR) is 123 cm³/mol. The third kappa shape index (κ3) is 5.12. The average molecular weight is 541 g/mol. The standard InChI is InChI=1S/C16H14F3N5O.C6H8O7/c17-16(18,19)9-2-1-3-10-11(9)12-13(25-10)14(23-15(20)22-12)24-6-7-4-8(24)5-21-7;7-3(8)1-6(13,5(11)12)2-4(9)10/h1-3,7-8,21H,4-6H2,(H2,20,22,23);13H,1-2H2,(H,7,8)(H,9,10)(H,11,12). The van der Waals surface area contributed by atoms with Crippen LogP contribution in [0.25, 0.3) is 22.1 Å². The van der Waals surface area contributed by atoms with Crippen LogP contribution in [0.15, 0.2) is 22.6 Å². The van der Waals surface area contributed by atoms with E-state index in [1.165, 1.54) is 12.1 Å². The minimum absolute atomic E-state index is 0.0575. The van der Waals surface area contributed by atoms with Crippen molar-refractivity contribution in [3.8, 4) is 0 Å². The van der Waals surface area contributed by atoms with E-state index in [0.717, 1.165) is 25.6 Å². The van der Waals surface area contributed by atoms with Crippen molar-refractivity contribution in [3.05, 3.63) is 23.8 Å². The number of anilines is 2. The smallest absolute Gasteiger partial charge is 0.417 e. The number of fused-ring (bicyclic) bond motifs is 5. The van der Waals surface area contributed by atoms with E-state index in [-0.39, 0.29) is 34.1 Å². The molecular formula is C22H22F3N5O8. The maximum absolute atomic E-state index is 13.4. The van der Waals surface area contributed by atoms with E-state index >= 15 is 0 Å². The number of alkyl halides is 3. The molecule has 2 aliphatic rings. The molecule has 2 bridgehead atoms. The second-order valence-electron chi connectivity index (χ2n) is 8.99. The number of halogens is 3. The lowest BCUT2D eigenvalue weighted by Gasteiger charge is -2.28. The summed E-state index contributed by atoms with van der Waals surface area (Å²) in [5.74, 6) is -4.60. The quantitative estimate of drug-likeness (QED) is 0.260. The van der Waals surface area contributed by atoms with Gasteiger partial charge in [-0.2, -0.15) is 18.2 Å². The highest BCUT2D eigenvalue weighted by Gasteiger charge is 2.42. The van der Waals surface area contributed by atoms with E-state index in [0.29, 0.717) is 11.9 Å². The first-order chi connectivity index (χ1) is 17.7. The number of nitrogens with two attached hydrogens (primary N) is 1. The molecule has 4 heterocycles. The maximum atomic E-state index is 13.4. The third-order valence-corrected chi connectivity index (χ3v) is 6.26. The van der Waals surface area contributed by atoms with Gasteiger partial charge in [-0.05, 0) is 18.6 Å². The summed E-state index contributed by atoms with van der Waals surface area (Å²) in [6.07, 6.45) is -5.82. The lowest BCUT2D eigenvalue weighted by molar-refractivity contribution is -0.170. The minimum Gasteiger partial charge on any atom is -0.481 e. The molecule has 0 spiro atoms. The normalized spacial score (nSPS) is 19.0. The summed E-state index contributed by atoms with van der Waals surface area (Å²) in [4.78, 5) is 40.9. The van der Waals surface area contributed by atoms with Crippen molar-refractivity contribution in [2.24, 2.45) is 0 Å². The van der Waals surface area contributed by atoms with Crippen LogP contribution in [0.2, 0.25) is 0 Å². The number of benzene rings is 1. The van der Waals surface area contributed by atoms with Crippen LogP contribution in [0.3, 0.4) is 0 Å². The van der Waals surface area contributed by atoms with Crippen LogP contribution in [0, 0.1) is 0 Å². The molecule has 2 aliphatic heterocycles. The Morgan fingerprint density at radius 3 is 2.29 bits per heavy atom. The van der Waals surface area contributed by atoms with Gasteiger partial charge in [0.1, 0.15) is 11.1 Å². The second-order valence-corrected chi connectivity index (χ2v) is 8.99. The number of carbonyl (C=O) groups is 3. The highest BCUT2D eigenvalue weighted by molar-refractivity contribution is 6.08. The van der Waals surface area contributed by atoms with Crippen molar-refractivity contribution in [1.29, 1.82) is 0 Å². The predicted octanol–water partition coefficient (Wildman–Crippen LogP) is 1.28. The number of aromatic nitrogens is 2. The maximum Gasteiger partial charge on any atom is 0.417 e. The Balaban J connectivity index is 0.000000222. The molecule has 3 aromatic rings. The van der Waals surface area contributed by atoms with E-state index in [1.54, 1.807) is 0 Å². The van der Waals surface area contributed by atoms with E-state index in [2.05, 4.69) is 20.2 Å². The molecule has 2 aromatic heterocycles. The average Bonchev–Trinajstić information content (AvgIpc) is 3.51. The fourth-order valence-corrected chi connectivity index (χ4v) is 4.65. The van der Waals surface area contributed by atoms with Crippen molar-refractivity contribution in [1.82, 2.24) is 15.3 Å². The summed E-state index contributed by atoms with van der Waals surface area (Å²) >= 11 is 0. The van der Waals surface area contributed by atoms with E-state index in [4.69, 9.17) is 30.6 Å². The van der Waals surface area contributed by atoms with E-state index in [1.807, 2.05) is 0 Å². The molecule has 13 nitrogen and oxygen atoms in total. The number of rotatable bonds is 6. The Kier molecular flexibility index (Phi) is 6.79. The molecule has 0 aliphatic carbocycles. The number of hydrogen-bond donors (Lipinski definition) is 6. The Hall–Kier alpha value is -4.18. The van der Waals surface area contributed by atoms with Crippen molar-refractivity contribution >= 4 is 51.7 Å². The Morgan fingerprint density at radius 2 is 1.79 bits per heavy atom. The molecule has 2 unspecified atom stereocenters. The van der Waals surface area contributed by atoms with Crippen molar-refractivity contribution in [2.75, 3.05) is 23.7 Å². The molecule has 204 valence electrons. The molecule has 16 heteroatoms. The van der Waals surface area contributed by atoms with Crippen LogP contribution in [0.4, 0.5) is 24.9 Å². The number of nitrogens with zero attached hydrogens (tertiary/aromatic N) is 3. The molecular weight excluding hydrogens is 519 g/mol. The summed E-state index contributed by atoms with van der Waals surface area (Å²) in [6, 6.07) is 4.44. The van der Waals surface area contributed by atoms with Crippen LogP contribution in [0.5, 0.6) is 0 Å². The third-order valence-electron chi connectivity index (χ3n) is 6.26. The van der Waals surface area contributed by atoms with Gasteiger partial charge >= 0.3 is 24.1 Å². The monoisotopic (exact) mass is 541 g/mol. The topological polar surface area (TPSA) is 212 Å². The number of aliphatic carboxylic acids is 3. The Bertz CT molecular complexity index is 1410. The van der Waals surface area contributed by atoms with Crippen LogP contribution in [0.1, 0.15) is 24.8 Å². The summed E-state index contributed by atoms with van der Waals surface area (Å²) in [5.41, 5.74) is 2.80. The fraction of sp³-hybridized carbons (Fsp3) is 0.409. The number of carboxylic acid groups (broad SMARTS) is 3. The lowest BCUT2D eigenvalue weighted by Crippen LogP contribution is -2.44. The largest absolute Gasteiger partial charge is 0.481 e. The molecule has 2 fully saturated rings. The zero-order valence-corrected chi connectivity index (χ0v) is 19.4. The number of furan rings is 1. The van der Waals surface area contributed by atoms with Crippen LogP contribution < -0.4 is 16.0 Å². The molecule has 0 saturated carbocycles. The van der Waals surface area contributed by atoms with E-state index in [9.17, 15) is 27.6 Å². The number of hydrogen-bond acceptors (Lipinski definition) is 10. The van der Waals surface area contributed by atoms with Crippen molar-refractivity contribution in [2.45, 2.75) is 43.1 Å². The number of nitrogen functional groups attached to an aromatic ring is 1. The van der Waals surface area contributed by atoms with Gasteiger partial charge < -0.3 is 40.8 Å². The molecule has 1 aromatic carbocycles. The fourth-order valence-electron chi connectivity index (χ4n) is 4.65. The molecule has 0 amide bonds. The first kappa shape index (κ1) is 26.9. The first-order valence-electron chi connectivity index (χ1n) is 11.1. The van der Waals surface area contributed by atoms with Gasteiger partial charge in [0, 0.05) is 25.2 Å². The van der Waals surface area contributed by atoms with Gasteiger partial charge in [0.2, 0.25) is 5.95 Å². The summed E-state index contributed by atoms with van der Waals surface area (Å²) in [7, 11) is 0. The summed E-state index contributed by atoms with van der Waals surface area (Å²) in [6.45, 7) is 1.53. The SMILES string of the molecule is Nc1nc(N2CC3CC2CN3)c2oc3cccc(C(F)(F)F)c3c2n1.O=C(O)CC(O)(CC(=O)O)C(=O)O. The molecule has 38 heavy (non-hydrogen) atoms. The second kappa shape index (κ2) is 9.60. The van der Waals surface area contributed by atoms with Gasteiger partial charge in [-0.3, -0.25) is 9.59 Å². The molecule has 0 radical (unpaired) electrons. The van der Waals surface area contributed by atoms with Crippen LogP contribution in [-0.2, 0) is 20.6 Å². The number of nitrogens with one attached hydrogen (secondary N) is 1.